The van der Waals surface area contributed by atoms with Crippen LogP contribution in [0.4, 0.5) is 0 Å². The van der Waals surface area contributed by atoms with Crippen molar-refractivity contribution in [3.63, 3.8) is 0 Å². The quantitative estimate of drug-likeness (QED) is 0.658. The summed E-state index contributed by atoms with van der Waals surface area (Å²) in [5.74, 6) is 0.757. The largest absolute Gasteiger partial charge is 0.497 e. The van der Waals surface area contributed by atoms with Gasteiger partial charge in [0.15, 0.2) is 0 Å². The number of aryl methyl sites for hydroxylation is 1. The van der Waals surface area contributed by atoms with E-state index in [1.807, 2.05) is 22.8 Å². The molecule has 3 heterocycles. The average Bonchev–Trinajstić information content (AvgIpc) is 3.33. The molecule has 1 aromatic carbocycles. The van der Waals surface area contributed by atoms with Crippen molar-refractivity contribution in [3.8, 4) is 5.75 Å². The summed E-state index contributed by atoms with van der Waals surface area (Å²) >= 11 is 1.66. The van der Waals surface area contributed by atoms with Crippen molar-refractivity contribution in [2.24, 2.45) is 0 Å². The molecule has 1 saturated heterocycles. The van der Waals surface area contributed by atoms with Crippen molar-refractivity contribution in [1.82, 2.24) is 14.4 Å². The van der Waals surface area contributed by atoms with E-state index in [1.165, 1.54) is 0 Å². The second-order valence-electron chi connectivity index (χ2n) is 7.28. The smallest absolute Gasteiger partial charge is 0.270 e. The molecule has 2 aromatic heterocycles. The van der Waals surface area contributed by atoms with E-state index in [0.29, 0.717) is 25.2 Å². The Balaban J connectivity index is 1.48. The molecule has 152 valence electrons. The lowest BCUT2D eigenvalue weighted by atomic mass is 10.1. The lowest BCUT2D eigenvalue weighted by Crippen LogP contribution is -2.55. The molecule has 2 amide bonds. The Bertz CT molecular complexity index is 1040. The monoisotopic (exact) mass is 411 g/mol. The van der Waals surface area contributed by atoms with Crippen LogP contribution >= 0.6 is 11.3 Å². The van der Waals surface area contributed by atoms with Crippen molar-refractivity contribution in [3.05, 3.63) is 53.0 Å². The minimum Gasteiger partial charge on any atom is -0.497 e. The Labute approximate surface area is 174 Å². The number of piperazine rings is 1. The molecule has 0 unspecified atom stereocenters. The molecular formula is C22H25N3O3S. The molecule has 3 aromatic rings. The first-order valence-corrected chi connectivity index (χ1v) is 10.7. The van der Waals surface area contributed by atoms with E-state index in [1.54, 1.807) is 42.7 Å². The topological polar surface area (TPSA) is 54.8 Å². The van der Waals surface area contributed by atoms with Gasteiger partial charge in [-0.1, -0.05) is 0 Å². The molecule has 29 heavy (non-hydrogen) atoms. The molecule has 0 aliphatic carbocycles. The average molecular weight is 412 g/mol. The number of amides is 2. The molecule has 0 spiro atoms. The lowest BCUT2D eigenvalue weighted by molar-refractivity contribution is 0.0409. The number of rotatable bonds is 4. The molecule has 1 aliphatic rings. The van der Waals surface area contributed by atoms with Gasteiger partial charge >= 0.3 is 0 Å². The van der Waals surface area contributed by atoms with Crippen LogP contribution in [0.15, 0.2) is 41.8 Å². The fourth-order valence-electron chi connectivity index (χ4n) is 3.97. The van der Waals surface area contributed by atoms with Gasteiger partial charge in [0.2, 0.25) is 0 Å². The molecule has 7 heteroatoms. The highest BCUT2D eigenvalue weighted by Crippen LogP contribution is 2.27. The molecule has 0 saturated carbocycles. The zero-order valence-corrected chi connectivity index (χ0v) is 17.7. The van der Waals surface area contributed by atoms with Gasteiger partial charge in [-0.05, 0) is 55.6 Å². The summed E-state index contributed by atoms with van der Waals surface area (Å²) in [5.41, 5.74) is 1.37. The molecule has 1 fully saturated rings. The van der Waals surface area contributed by atoms with Crippen LogP contribution in [0, 0.1) is 0 Å². The standard InChI is InChI=1S/C22H25N3O3S/c1-4-24-19(13-17-9-12-29-22(17)24)21(27)23-10-11-25(15(2)14-23)20(26)16-5-7-18(28-3)8-6-16/h5-9,12-13,15H,4,10-11,14H2,1-3H3/t15-/m0/s1. The minimum atomic E-state index is -0.0477. The second kappa shape index (κ2) is 7.91. The highest BCUT2D eigenvalue weighted by atomic mass is 32.1. The number of thiophene rings is 1. The fraction of sp³-hybridized carbons (Fsp3) is 0.364. The molecule has 4 rings (SSSR count). The summed E-state index contributed by atoms with van der Waals surface area (Å²) in [6.07, 6.45) is 0. The van der Waals surface area contributed by atoms with E-state index >= 15 is 0 Å². The van der Waals surface area contributed by atoms with Crippen molar-refractivity contribution in [1.29, 1.82) is 0 Å². The minimum absolute atomic E-state index is 0.00954. The first kappa shape index (κ1) is 19.5. The van der Waals surface area contributed by atoms with Crippen LogP contribution in [0.25, 0.3) is 10.2 Å². The third-order valence-electron chi connectivity index (χ3n) is 5.55. The lowest BCUT2D eigenvalue weighted by Gasteiger charge is -2.40. The van der Waals surface area contributed by atoms with E-state index in [2.05, 4.69) is 22.9 Å². The Morgan fingerprint density at radius 3 is 2.55 bits per heavy atom. The maximum Gasteiger partial charge on any atom is 0.270 e. The maximum absolute atomic E-state index is 13.2. The van der Waals surface area contributed by atoms with Gasteiger partial charge in [-0.2, -0.15) is 0 Å². The van der Waals surface area contributed by atoms with Crippen LogP contribution in [0.5, 0.6) is 5.75 Å². The van der Waals surface area contributed by atoms with Gasteiger partial charge in [0, 0.05) is 43.2 Å². The van der Waals surface area contributed by atoms with Crippen LogP contribution in [-0.4, -0.2) is 59.0 Å². The number of methoxy groups -OCH3 is 1. The second-order valence-corrected chi connectivity index (χ2v) is 8.18. The van der Waals surface area contributed by atoms with Gasteiger partial charge in [0.25, 0.3) is 11.8 Å². The third kappa shape index (κ3) is 3.51. The number of hydrogen-bond donors (Lipinski definition) is 0. The van der Waals surface area contributed by atoms with Gasteiger partial charge in [-0.25, -0.2) is 0 Å². The SMILES string of the molecule is CCn1c(C(=O)N2CCN(C(=O)c3ccc(OC)cc3)[C@@H](C)C2)cc2ccsc21. The van der Waals surface area contributed by atoms with Gasteiger partial charge in [-0.15, -0.1) is 11.3 Å². The Morgan fingerprint density at radius 1 is 1.14 bits per heavy atom. The van der Waals surface area contributed by atoms with E-state index in [0.717, 1.165) is 28.2 Å². The number of nitrogens with zero attached hydrogens (tertiary/aromatic N) is 3. The Hall–Kier alpha value is -2.80. The highest BCUT2D eigenvalue weighted by Gasteiger charge is 2.32. The van der Waals surface area contributed by atoms with Crippen LogP contribution < -0.4 is 4.74 Å². The maximum atomic E-state index is 13.2. The number of benzene rings is 1. The Kier molecular flexibility index (Phi) is 5.32. The molecule has 6 nitrogen and oxygen atoms in total. The van der Waals surface area contributed by atoms with Gasteiger partial charge < -0.3 is 19.1 Å². The number of hydrogen-bond acceptors (Lipinski definition) is 4. The Morgan fingerprint density at radius 2 is 1.90 bits per heavy atom. The van der Waals surface area contributed by atoms with E-state index in [-0.39, 0.29) is 17.9 Å². The van der Waals surface area contributed by atoms with Crippen LogP contribution in [0.3, 0.4) is 0 Å². The fourth-order valence-corrected chi connectivity index (χ4v) is 4.93. The van der Waals surface area contributed by atoms with Crippen molar-refractivity contribution in [2.45, 2.75) is 26.4 Å². The van der Waals surface area contributed by atoms with Crippen LogP contribution in [0.2, 0.25) is 0 Å². The van der Waals surface area contributed by atoms with Crippen LogP contribution in [0.1, 0.15) is 34.7 Å². The van der Waals surface area contributed by atoms with Gasteiger partial charge in [0.05, 0.1) is 7.11 Å². The number of carbonyl (C=O) groups excluding carboxylic acids is 2. The third-order valence-corrected chi connectivity index (χ3v) is 6.50. The summed E-state index contributed by atoms with van der Waals surface area (Å²) in [4.78, 5) is 31.0. The first-order chi connectivity index (χ1) is 14.0. The van der Waals surface area contributed by atoms with Crippen molar-refractivity contribution < 1.29 is 14.3 Å². The van der Waals surface area contributed by atoms with Crippen molar-refractivity contribution in [2.75, 3.05) is 26.7 Å². The zero-order chi connectivity index (χ0) is 20.5. The number of aromatic nitrogens is 1. The molecule has 0 N–H and O–H groups in total. The molecule has 0 radical (unpaired) electrons. The normalized spacial score (nSPS) is 17.0. The van der Waals surface area contributed by atoms with E-state index < -0.39 is 0 Å². The summed E-state index contributed by atoms with van der Waals surface area (Å²) < 4.78 is 7.25. The predicted molar refractivity (Wildman–Crippen MR) is 115 cm³/mol. The highest BCUT2D eigenvalue weighted by molar-refractivity contribution is 7.16. The number of fused-ring (bicyclic) bond motifs is 1. The summed E-state index contributed by atoms with van der Waals surface area (Å²) in [6, 6.07) is 11.1. The summed E-state index contributed by atoms with van der Waals surface area (Å²) in [6.45, 7) is 6.41. The molecule has 1 aliphatic heterocycles. The summed E-state index contributed by atoms with van der Waals surface area (Å²) in [7, 11) is 1.60. The molecule has 0 bridgehead atoms. The number of ether oxygens (including phenoxy) is 1. The van der Waals surface area contributed by atoms with E-state index in [9.17, 15) is 9.59 Å². The van der Waals surface area contributed by atoms with Crippen LogP contribution in [-0.2, 0) is 6.54 Å². The molecule has 1 atom stereocenters. The number of carbonyl (C=O) groups is 2. The predicted octanol–water partition coefficient (Wildman–Crippen LogP) is 3.72. The van der Waals surface area contributed by atoms with Gasteiger partial charge in [0.1, 0.15) is 16.3 Å². The van der Waals surface area contributed by atoms with E-state index in [4.69, 9.17) is 4.74 Å². The summed E-state index contributed by atoms with van der Waals surface area (Å²) in [5, 5.41) is 3.16. The molecular weight excluding hydrogens is 386 g/mol. The van der Waals surface area contributed by atoms with Crippen molar-refractivity contribution >= 4 is 33.4 Å². The zero-order valence-electron chi connectivity index (χ0n) is 16.9. The van der Waals surface area contributed by atoms with Gasteiger partial charge in [-0.3, -0.25) is 9.59 Å². The first-order valence-electron chi connectivity index (χ1n) is 9.84.